The molecule has 7 heteroatoms. The van der Waals surface area contributed by atoms with Gasteiger partial charge < -0.3 is 20.3 Å². The van der Waals surface area contributed by atoms with Gasteiger partial charge in [0.15, 0.2) is 5.78 Å². The van der Waals surface area contributed by atoms with Gasteiger partial charge in [-0.2, -0.15) is 0 Å². The number of allylic oxidation sites excluding steroid dienone is 2. The Balaban J connectivity index is 1.38. The van der Waals surface area contributed by atoms with Crippen LogP contribution in [0, 0.1) is 29.6 Å². The van der Waals surface area contributed by atoms with E-state index in [2.05, 4.69) is 18.3 Å². The number of carbonyl (C=O) groups excluding carboxylic acids is 2. The van der Waals surface area contributed by atoms with Gasteiger partial charge in [-0.3, -0.25) is 9.59 Å². The molecule has 4 bridgehead atoms. The molecular weight excluding hydrogens is 418 g/mol. The molecule has 31 heavy (non-hydrogen) atoms. The fourth-order valence-electron chi connectivity index (χ4n) is 6.96. The van der Waals surface area contributed by atoms with E-state index in [1.165, 1.54) is 6.07 Å². The summed E-state index contributed by atoms with van der Waals surface area (Å²) in [7, 11) is 0. The Labute approximate surface area is 186 Å². The molecule has 5 aliphatic rings. The molecule has 2 aliphatic heterocycles. The van der Waals surface area contributed by atoms with E-state index < -0.39 is 5.41 Å². The second kappa shape index (κ2) is 6.48. The third-order valence-corrected chi connectivity index (χ3v) is 8.98. The van der Waals surface area contributed by atoms with Gasteiger partial charge in [-0.05, 0) is 56.2 Å². The number of phenolic OH excluding ortho intramolecular Hbond substituents is 2. The van der Waals surface area contributed by atoms with Gasteiger partial charge in [-0.25, -0.2) is 0 Å². The highest BCUT2D eigenvalue weighted by molar-refractivity contribution is 6.21. The summed E-state index contributed by atoms with van der Waals surface area (Å²) in [6.07, 6.45) is 5.77. The number of alkyl halides is 1. The maximum Gasteiger partial charge on any atom is 0.224 e. The SMILES string of the molecule is Cc1ccc(O)c(NC(=O)CCC2(C)C(=O)C=CC34CC5[C@H](Cl)C(OC5(C)C3)C42)c1O. The molecule has 1 aromatic carbocycles. The minimum atomic E-state index is -0.767. The number of anilines is 1. The third kappa shape index (κ3) is 2.74. The molecule has 2 heterocycles. The summed E-state index contributed by atoms with van der Waals surface area (Å²) in [6.45, 7) is 5.75. The predicted octanol–water partition coefficient (Wildman–Crippen LogP) is 4.06. The highest BCUT2D eigenvalue weighted by atomic mass is 35.5. The van der Waals surface area contributed by atoms with Gasteiger partial charge in [0.05, 0.1) is 17.1 Å². The Bertz CT molecular complexity index is 1020. The van der Waals surface area contributed by atoms with Crippen LogP contribution < -0.4 is 5.32 Å². The van der Waals surface area contributed by atoms with Crippen LogP contribution in [0.2, 0.25) is 0 Å². The molecule has 6 rings (SSSR count). The number of rotatable bonds is 4. The van der Waals surface area contributed by atoms with Crippen molar-refractivity contribution in [2.45, 2.75) is 63.5 Å². The largest absolute Gasteiger partial charge is 0.506 e. The number of hydrogen-bond acceptors (Lipinski definition) is 5. The molecule has 3 N–H and O–H groups in total. The number of amides is 1. The summed E-state index contributed by atoms with van der Waals surface area (Å²) in [5, 5.41) is 22.7. The van der Waals surface area contributed by atoms with E-state index in [0.717, 1.165) is 12.8 Å². The monoisotopic (exact) mass is 445 g/mol. The van der Waals surface area contributed by atoms with Gasteiger partial charge >= 0.3 is 0 Å². The van der Waals surface area contributed by atoms with Crippen molar-refractivity contribution in [1.29, 1.82) is 0 Å². The molecule has 1 aromatic rings. The summed E-state index contributed by atoms with van der Waals surface area (Å²) in [6, 6.07) is 3.00. The van der Waals surface area contributed by atoms with Crippen LogP contribution in [0.5, 0.6) is 11.5 Å². The van der Waals surface area contributed by atoms with Gasteiger partial charge in [0.1, 0.15) is 17.2 Å². The van der Waals surface area contributed by atoms with Crippen LogP contribution in [0.1, 0.15) is 45.1 Å². The number of aryl methyl sites for hydroxylation is 1. The van der Waals surface area contributed by atoms with Crippen molar-refractivity contribution in [1.82, 2.24) is 0 Å². The smallest absolute Gasteiger partial charge is 0.224 e. The van der Waals surface area contributed by atoms with Crippen molar-refractivity contribution in [3.05, 3.63) is 29.8 Å². The van der Waals surface area contributed by atoms with Crippen molar-refractivity contribution in [3.63, 3.8) is 0 Å². The Morgan fingerprint density at radius 1 is 1.32 bits per heavy atom. The summed E-state index contributed by atoms with van der Waals surface area (Å²) in [5.41, 5.74) is -0.573. The molecule has 3 aliphatic carbocycles. The van der Waals surface area contributed by atoms with Crippen LogP contribution in [-0.4, -0.2) is 39.0 Å². The first-order chi connectivity index (χ1) is 14.5. The fraction of sp³-hybridized carbons (Fsp3) is 0.583. The van der Waals surface area contributed by atoms with Crippen LogP contribution in [0.15, 0.2) is 24.3 Å². The molecular formula is C24H28ClNO5. The lowest BCUT2D eigenvalue weighted by molar-refractivity contribution is -0.168. The highest BCUT2D eigenvalue weighted by Gasteiger charge is 2.74. The molecule has 1 amide bonds. The molecule has 4 fully saturated rings. The number of aromatic hydroxyl groups is 2. The molecule has 0 aromatic heterocycles. The molecule has 6 nitrogen and oxygen atoms in total. The second-order valence-corrected chi connectivity index (χ2v) is 10.8. The number of ether oxygens (including phenoxy) is 1. The van der Waals surface area contributed by atoms with Crippen molar-refractivity contribution < 1.29 is 24.5 Å². The Kier molecular flexibility index (Phi) is 4.36. The van der Waals surface area contributed by atoms with Crippen molar-refractivity contribution in [2.24, 2.45) is 22.7 Å². The minimum absolute atomic E-state index is 0.00305. The average molecular weight is 446 g/mol. The number of halogens is 1. The van der Waals surface area contributed by atoms with E-state index in [4.69, 9.17) is 16.3 Å². The number of carbonyl (C=O) groups is 2. The van der Waals surface area contributed by atoms with Gasteiger partial charge in [0.25, 0.3) is 0 Å². The zero-order chi connectivity index (χ0) is 22.3. The van der Waals surface area contributed by atoms with Gasteiger partial charge in [-0.1, -0.05) is 19.1 Å². The quantitative estimate of drug-likeness (QED) is 0.479. The summed E-state index contributed by atoms with van der Waals surface area (Å²) >= 11 is 6.81. The maximum atomic E-state index is 13.1. The van der Waals surface area contributed by atoms with E-state index in [1.807, 2.05) is 6.92 Å². The van der Waals surface area contributed by atoms with Crippen molar-refractivity contribution in [3.8, 4) is 11.5 Å². The zero-order valence-electron chi connectivity index (χ0n) is 17.9. The standard InChI is InChI=1S/C24H28ClNO5/c1-12-4-5-14(27)18(19(12)30)26-16(29)7-8-22(2)15(28)6-9-24-10-13-17(25)20(21(22)24)31-23(13,3)11-24/h4-6,9,13,17,20-21,27,30H,7-8,10-11H2,1-3H3,(H,26,29)/t13?,17-,20?,21?,22?,23?,24?/m0/s1. The lowest BCUT2D eigenvalue weighted by Gasteiger charge is -2.55. The van der Waals surface area contributed by atoms with E-state index in [1.54, 1.807) is 19.1 Å². The Morgan fingerprint density at radius 3 is 2.77 bits per heavy atom. The van der Waals surface area contributed by atoms with E-state index in [0.29, 0.717) is 12.0 Å². The molecule has 1 spiro atoms. The van der Waals surface area contributed by atoms with Gasteiger partial charge in [-0.15, -0.1) is 11.6 Å². The van der Waals surface area contributed by atoms with Gasteiger partial charge in [0, 0.05) is 23.7 Å². The van der Waals surface area contributed by atoms with E-state index in [-0.39, 0.29) is 69.6 Å². The fourth-order valence-corrected chi connectivity index (χ4v) is 7.51. The summed E-state index contributed by atoms with van der Waals surface area (Å²) < 4.78 is 6.42. The lowest BCUT2D eigenvalue weighted by Crippen LogP contribution is -2.58. The Hall–Kier alpha value is -2.05. The molecule has 166 valence electrons. The first-order valence-electron chi connectivity index (χ1n) is 10.9. The highest BCUT2D eigenvalue weighted by Crippen LogP contribution is 2.72. The zero-order valence-corrected chi connectivity index (χ0v) is 18.7. The lowest BCUT2D eigenvalue weighted by atomic mass is 9.51. The predicted molar refractivity (Wildman–Crippen MR) is 116 cm³/mol. The third-order valence-electron chi connectivity index (χ3n) is 8.43. The maximum absolute atomic E-state index is 13.1. The molecule has 0 radical (unpaired) electrons. The molecule has 2 saturated carbocycles. The summed E-state index contributed by atoms with van der Waals surface area (Å²) in [5.74, 6) is -0.505. The van der Waals surface area contributed by atoms with Crippen LogP contribution in [0.25, 0.3) is 0 Å². The first-order valence-corrected chi connectivity index (χ1v) is 11.3. The number of nitrogens with one attached hydrogen (secondary N) is 1. The van der Waals surface area contributed by atoms with Crippen LogP contribution >= 0.6 is 11.6 Å². The summed E-state index contributed by atoms with van der Waals surface area (Å²) in [4.78, 5) is 25.8. The van der Waals surface area contributed by atoms with Crippen molar-refractivity contribution >= 4 is 29.0 Å². The first kappa shape index (κ1) is 20.8. The van der Waals surface area contributed by atoms with Crippen molar-refractivity contribution in [2.75, 3.05) is 5.32 Å². The van der Waals surface area contributed by atoms with E-state index >= 15 is 0 Å². The molecule has 2 saturated heterocycles. The molecule has 6 unspecified atom stereocenters. The van der Waals surface area contributed by atoms with Crippen LogP contribution in [-0.2, 0) is 14.3 Å². The minimum Gasteiger partial charge on any atom is -0.506 e. The number of phenols is 2. The van der Waals surface area contributed by atoms with Crippen LogP contribution in [0.4, 0.5) is 5.69 Å². The topological polar surface area (TPSA) is 95.9 Å². The average Bonchev–Trinajstić information content (AvgIpc) is 3.05. The number of benzene rings is 1. The normalized spacial score (nSPS) is 42.1. The van der Waals surface area contributed by atoms with Crippen LogP contribution in [0.3, 0.4) is 0 Å². The number of hydrogen-bond donors (Lipinski definition) is 3. The molecule has 7 atom stereocenters. The van der Waals surface area contributed by atoms with E-state index in [9.17, 15) is 19.8 Å². The number of ketones is 1. The Morgan fingerprint density at radius 2 is 2.06 bits per heavy atom. The second-order valence-electron chi connectivity index (χ2n) is 10.3. The van der Waals surface area contributed by atoms with Gasteiger partial charge in [0.2, 0.25) is 5.91 Å².